The number of Topliss-reactive ketones (excluding diaryl/α,β-unsaturated/α-hetero) is 1. The van der Waals surface area contributed by atoms with E-state index in [2.05, 4.69) is 28.1 Å². The first-order valence-electron chi connectivity index (χ1n) is 5.43. The van der Waals surface area contributed by atoms with Crippen LogP contribution in [0.4, 0.5) is 5.69 Å². The third-order valence-electron chi connectivity index (χ3n) is 3.00. The number of nitrogens with zero attached hydrogens (tertiary/aromatic N) is 2. The molecule has 0 unspecified atom stereocenters. The Bertz CT molecular complexity index is 525. The Hall–Kier alpha value is -1.42. The van der Waals surface area contributed by atoms with E-state index in [0.29, 0.717) is 18.6 Å². The van der Waals surface area contributed by atoms with E-state index in [9.17, 15) is 4.79 Å². The van der Waals surface area contributed by atoms with Crippen LogP contribution in [-0.4, -0.2) is 23.9 Å². The zero-order chi connectivity index (χ0) is 11.0. The minimum Gasteiger partial charge on any atom is -0.371 e. The van der Waals surface area contributed by atoms with Crippen molar-refractivity contribution in [3.8, 4) is 0 Å². The molecule has 0 bridgehead atoms. The monoisotopic (exact) mass is 232 g/mol. The van der Waals surface area contributed by atoms with Crippen LogP contribution in [0.25, 0.3) is 10.2 Å². The highest BCUT2D eigenvalue weighted by Crippen LogP contribution is 2.25. The molecule has 3 nitrogen and oxygen atoms in total. The molecule has 1 fully saturated rings. The van der Waals surface area contributed by atoms with Gasteiger partial charge in [0.15, 0.2) is 0 Å². The molecule has 4 heteroatoms. The fourth-order valence-corrected chi connectivity index (χ4v) is 2.72. The molecule has 0 spiro atoms. The van der Waals surface area contributed by atoms with Gasteiger partial charge in [0.2, 0.25) is 0 Å². The normalized spacial score (nSPS) is 17.0. The van der Waals surface area contributed by atoms with Crippen LogP contribution < -0.4 is 4.90 Å². The summed E-state index contributed by atoms with van der Waals surface area (Å²) < 4.78 is 1.22. The second kappa shape index (κ2) is 3.87. The molecule has 1 aromatic carbocycles. The second-order valence-electron chi connectivity index (χ2n) is 4.03. The van der Waals surface area contributed by atoms with Crippen molar-refractivity contribution in [1.82, 2.24) is 4.98 Å². The minimum atomic E-state index is 0.381. The predicted molar refractivity (Wildman–Crippen MR) is 66.1 cm³/mol. The zero-order valence-corrected chi connectivity index (χ0v) is 9.67. The molecule has 82 valence electrons. The average molecular weight is 232 g/mol. The third-order valence-corrected chi connectivity index (χ3v) is 3.81. The number of carbonyl (C=O) groups is 1. The van der Waals surface area contributed by atoms with Gasteiger partial charge in [0.1, 0.15) is 5.78 Å². The van der Waals surface area contributed by atoms with Crippen molar-refractivity contribution in [2.24, 2.45) is 0 Å². The van der Waals surface area contributed by atoms with Gasteiger partial charge in [0.25, 0.3) is 0 Å². The van der Waals surface area contributed by atoms with Crippen LogP contribution in [0.3, 0.4) is 0 Å². The third kappa shape index (κ3) is 1.69. The first-order valence-corrected chi connectivity index (χ1v) is 6.31. The summed E-state index contributed by atoms with van der Waals surface area (Å²) in [4.78, 5) is 17.8. The number of ketones is 1. The first kappa shape index (κ1) is 9.78. The van der Waals surface area contributed by atoms with E-state index in [4.69, 9.17) is 0 Å². The number of thiazole rings is 1. The van der Waals surface area contributed by atoms with Crippen molar-refractivity contribution >= 4 is 33.0 Å². The van der Waals surface area contributed by atoms with E-state index >= 15 is 0 Å². The molecule has 0 aliphatic carbocycles. The summed E-state index contributed by atoms with van der Waals surface area (Å²) in [6.45, 7) is 1.68. The number of piperidine rings is 1. The highest BCUT2D eigenvalue weighted by molar-refractivity contribution is 7.16. The molecule has 3 rings (SSSR count). The maximum atomic E-state index is 11.2. The molecule has 0 N–H and O–H groups in total. The highest BCUT2D eigenvalue weighted by atomic mass is 32.1. The van der Waals surface area contributed by atoms with E-state index in [1.807, 2.05) is 5.51 Å². The van der Waals surface area contributed by atoms with E-state index in [1.165, 1.54) is 10.4 Å². The number of rotatable bonds is 1. The fraction of sp³-hybridized carbons (Fsp3) is 0.333. The number of benzene rings is 1. The number of anilines is 1. The van der Waals surface area contributed by atoms with Crippen LogP contribution in [0.1, 0.15) is 12.8 Å². The molecule has 0 radical (unpaired) electrons. The zero-order valence-electron chi connectivity index (χ0n) is 8.85. The van der Waals surface area contributed by atoms with Gasteiger partial charge in [-0.3, -0.25) is 4.79 Å². The smallest absolute Gasteiger partial charge is 0.136 e. The van der Waals surface area contributed by atoms with Crippen LogP contribution in [-0.2, 0) is 4.79 Å². The maximum absolute atomic E-state index is 11.2. The van der Waals surface area contributed by atoms with Crippen LogP contribution in [0.15, 0.2) is 23.7 Å². The molecule has 0 saturated carbocycles. The molecular formula is C12H12N2OS. The summed E-state index contributed by atoms with van der Waals surface area (Å²) in [7, 11) is 0. The number of hydrogen-bond donors (Lipinski definition) is 0. The molecular weight excluding hydrogens is 220 g/mol. The Labute approximate surface area is 97.7 Å². The molecule has 1 aliphatic heterocycles. The van der Waals surface area contributed by atoms with Crippen molar-refractivity contribution < 1.29 is 4.79 Å². The van der Waals surface area contributed by atoms with E-state index in [1.54, 1.807) is 11.3 Å². The number of fused-ring (bicyclic) bond motifs is 1. The molecule has 0 atom stereocenters. The van der Waals surface area contributed by atoms with Crippen LogP contribution in [0.2, 0.25) is 0 Å². The van der Waals surface area contributed by atoms with Crippen LogP contribution in [0, 0.1) is 0 Å². The fourth-order valence-electron chi connectivity index (χ4n) is 2.06. The Balaban J connectivity index is 1.90. The predicted octanol–water partition coefficient (Wildman–Crippen LogP) is 2.47. The lowest BCUT2D eigenvalue weighted by Crippen LogP contribution is -2.33. The Morgan fingerprint density at radius 2 is 2.06 bits per heavy atom. The van der Waals surface area contributed by atoms with E-state index in [0.717, 1.165) is 18.6 Å². The lowest BCUT2D eigenvalue weighted by atomic mass is 10.1. The summed E-state index contributed by atoms with van der Waals surface area (Å²) in [6.07, 6.45) is 1.35. The molecule has 1 saturated heterocycles. The highest BCUT2D eigenvalue weighted by Gasteiger charge is 2.16. The van der Waals surface area contributed by atoms with E-state index in [-0.39, 0.29) is 0 Å². The van der Waals surface area contributed by atoms with Crippen molar-refractivity contribution in [3.05, 3.63) is 23.7 Å². The van der Waals surface area contributed by atoms with E-state index < -0.39 is 0 Å². The van der Waals surface area contributed by atoms with Gasteiger partial charge in [-0.15, -0.1) is 11.3 Å². The topological polar surface area (TPSA) is 33.2 Å². The quantitative estimate of drug-likeness (QED) is 0.757. The van der Waals surface area contributed by atoms with Gasteiger partial charge in [-0.25, -0.2) is 4.98 Å². The van der Waals surface area contributed by atoms with Crippen molar-refractivity contribution in [2.45, 2.75) is 12.8 Å². The van der Waals surface area contributed by atoms with Gasteiger partial charge < -0.3 is 4.90 Å². The first-order chi connectivity index (χ1) is 7.83. The van der Waals surface area contributed by atoms with Gasteiger partial charge in [-0.1, -0.05) is 0 Å². The summed E-state index contributed by atoms with van der Waals surface area (Å²) in [6, 6.07) is 6.34. The van der Waals surface area contributed by atoms with Gasteiger partial charge in [-0.05, 0) is 18.2 Å². The lowest BCUT2D eigenvalue weighted by Gasteiger charge is -2.28. The molecule has 1 aliphatic rings. The van der Waals surface area contributed by atoms with Crippen LogP contribution in [0.5, 0.6) is 0 Å². The number of carbonyl (C=O) groups excluding carboxylic acids is 1. The minimum absolute atomic E-state index is 0.381. The SMILES string of the molecule is O=C1CCN(c2ccc3scnc3c2)CC1. The van der Waals surface area contributed by atoms with Gasteiger partial charge in [0.05, 0.1) is 15.7 Å². The Morgan fingerprint density at radius 3 is 2.88 bits per heavy atom. The summed E-state index contributed by atoms with van der Waals surface area (Å²) >= 11 is 1.66. The van der Waals surface area contributed by atoms with Gasteiger partial charge in [0, 0.05) is 31.6 Å². The number of aromatic nitrogens is 1. The molecule has 0 amide bonds. The second-order valence-corrected chi connectivity index (χ2v) is 4.92. The van der Waals surface area contributed by atoms with Gasteiger partial charge >= 0.3 is 0 Å². The largest absolute Gasteiger partial charge is 0.371 e. The standard InChI is InChI=1S/C12H12N2OS/c15-10-3-5-14(6-4-10)9-1-2-12-11(7-9)13-8-16-12/h1-2,7-8H,3-6H2. The maximum Gasteiger partial charge on any atom is 0.136 e. The van der Waals surface area contributed by atoms with Crippen molar-refractivity contribution in [1.29, 1.82) is 0 Å². The molecule has 16 heavy (non-hydrogen) atoms. The summed E-state index contributed by atoms with van der Waals surface area (Å²) in [5.74, 6) is 0.381. The summed E-state index contributed by atoms with van der Waals surface area (Å²) in [5, 5.41) is 0. The molecule has 2 heterocycles. The van der Waals surface area contributed by atoms with Crippen molar-refractivity contribution in [2.75, 3.05) is 18.0 Å². The molecule has 1 aromatic heterocycles. The lowest BCUT2D eigenvalue weighted by molar-refractivity contribution is -0.119. The number of hydrogen-bond acceptors (Lipinski definition) is 4. The van der Waals surface area contributed by atoms with Gasteiger partial charge in [-0.2, -0.15) is 0 Å². The Morgan fingerprint density at radius 1 is 1.25 bits per heavy atom. The summed E-state index contributed by atoms with van der Waals surface area (Å²) in [5.41, 5.74) is 4.11. The average Bonchev–Trinajstić information content (AvgIpc) is 2.77. The van der Waals surface area contributed by atoms with Crippen molar-refractivity contribution in [3.63, 3.8) is 0 Å². The Kier molecular flexibility index (Phi) is 2.36. The van der Waals surface area contributed by atoms with Crippen LogP contribution >= 0.6 is 11.3 Å². The molecule has 2 aromatic rings.